The maximum absolute atomic E-state index is 10.4. The Labute approximate surface area is 89.9 Å². The average molecular weight is 257 g/mol. The minimum absolute atomic E-state index is 0.0680. The van der Waals surface area contributed by atoms with E-state index in [-0.39, 0.29) is 5.69 Å². The molecule has 0 atom stereocenters. The summed E-state index contributed by atoms with van der Waals surface area (Å²) in [5.41, 5.74) is 0.679. The lowest BCUT2D eigenvalue weighted by molar-refractivity contribution is -0.384. The fraction of sp³-hybridized carbons (Fsp3) is 0.222. The van der Waals surface area contributed by atoms with Gasteiger partial charge in [0.2, 0.25) is 0 Å². The molecule has 0 spiro atoms. The van der Waals surface area contributed by atoms with Gasteiger partial charge in [-0.05, 0) is 12.5 Å². The highest BCUT2D eigenvalue weighted by molar-refractivity contribution is 9.09. The first-order valence-electron chi connectivity index (χ1n) is 4.07. The molecule has 0 aliphatic rings. The van der Waals surface area contributed by atoms with Gasteiger partial charge in [-0.15, -0.1) is 0 Å². The molecule has 1 rings (SSSR count). The van der Waals surface area contributed by atoms with Crippen LogP contribution in [0.4, 0.5) is 5.69 Å². The Morgan fingerprint density at radius 1 is 1.64 bits per heavy atom. The zero-order chi connectivity index (χ0) is 10.4. The van der Waals surface area contributed by atoms with Gasteiger partial charge >= 0.3 is 0 Å². The second-order valence-corrected chi connectivity index (χ2v) is 3.37. The number of hydrogen-bond donors (Lipinski definition) is 0. The van der Waals surface area contributed by atoms with Crippen LogP contribution in [0.1, 0.15) is 12.1 Å². The van der Waals surface area contributed by atoms with E-state index in [1.54, 1.807) is 6.08 Å². The van der Waals surface area contributed by atoms with Gasteiger partial charge in [-0.1, -0.05) is 22.0 Å². The van der Waals surface area contributed by atoms with Gasteiger partial charge in [0.15, 0.2) is 0 Å². The van der Waals surface area contributed by atoms with E-state index < -0.39 is 4.92 Å². The predicted molar refractivity (Wildman–Crippen MR) is 58.3 cm³/mol. The normalized spacial score (nSPS) is 10.6. The van der Waals surface area contributed by atoms with Crippen LogP contribution < -0.4 is 0 Å². The topological polar surface area (TPSA) is 56.0 Å². The predicted octanol–water partition coefficient (Wildman–Crippen LogP) is 2.79. The Morgan fingerprint density at radius 3 is 3.07 bits per heavy atom. The molecule has 0 aliphatic carbocycles. The molecule has 1 aromatic rings. The summed E-state index contributed by atoms with van der Waals surface area (Å²) in [4.78, 5) is 14.0. The van der Waals surface area contributed by atoms with Crippen molar-refractivity contribution in [1.29, 1.82) is 0 Å². The van der Waals surface area contributed by atoms with Gasteiger partial charge in [0.1, 0.15) is 0 Å². The van der Waals surface area contributed by atoms with Gasteiger partial charge in [0.05, 0.1) is 10.6 Å². The minimum atomic E-state index is -0.427. The third kappa shape index (κ3) is 3.26. The standard InChI is InChI=1S/C9H9BrN2O2/c10-5-2-1-3-8-7-9(12(13)14)4-6-11-8/h1,3-4,6-7H,2,5H2. The number of alkyl halides is 1. The largest absolute Gasteiger partial charge is 0.273 e. The van der Waals surface area contributed by atoms with E-state index in [2.05, 4.69) is 20.9 Å². The van der Waals surface area contributed by atoms with Gasteiger partial charge < -0.3 is 0 Å². The average Bonchev–Trinajstić information content (AvgIpc) is 2.19. The molecule has 0 N–H and O–H groups in total. The molecule has 0 fully saturated rings. The summed E-state index contributed by atoms with van der Waals surface area (Å²) in [6.45, 7) is 0. The monoisotopic (exact) mass is 256 g/mol. The highest BCUT2D eigenvalue weighted by Crippen LogP contribution is 2.11. The minimum Gasteiger partial charge on any atom is -0.258 e. The number of rotatable bonds is 4. The van der Waals surface area contributed by atoms with Gasteiger partial charge in [0.25, 0.3) is 5.69 Å². The Kier molecular flexibility index (Phi) is 4.25. The maximum atomic E-state index is 10.4. The van der Waals surface area contributed by atoms with Crippen LogP contribution in [-0.2, 0) is 0 Å². The molecule has 0 saturated heterocycles. The lowest BCUT2D eigenvalue weighted by Crippen LogP contribution is -1.89. The Morgan fingerprint density at radius 2 is 2.43 bits per heavy atom. The van der Waals surface area contributed by atoms with Crippen LogP contribution in [-0.4, -0.2) is 15.2 Å². The first-order valence-corrected chi connectivity index (χ1v) is 5.19. The van der Waals surface area contributed by atoms with Gasteiger partial charge in [0, 0.05) is 23.7 Å². The van der Waals surface area contributed by atoms with Crippen molar-refractivity contribution in [2.45, 2.75) is 6.42 Å². The van der Waals surface area contributed by atoms with E-state index in [0.29, 0.717) is 5.69 Å². The molecule has 1 heterocycles. The molecule has 0 amide bonds. The van der Waals surface area contributed by atoms with Crippen LogP contribution in [0, 0.1) is 10.1 Å². The van der Waals surface area contributed by atoms with Crippen LogP contribution in [0.3, 0.4) is 0 Å². The summed E-state index contributed by atoms with van der Waals surface area (Å²) in [6, 6.07) is 2.83. The summed E-state index contributed by atoms with van der Waals surface area (Å²) >= 11 is 3.28. The van der Waals surface area contributed by atoms with Crippen LogP contribution in [0.15, 0.2) is 24.4 Å². The first kappa shape index (κ1) is 10.8. The fourth-order valence-electron chi connectivity index (χ4n) is 0.908. The van der Waals surface area contributed by atoms with Crippen molar-refractivity contribution in [2.24, 2.45) is 0 Å². The molecule has 0 aliphatic heterocycles. The van der Waals surface area contributed by atoms with Gasteiger partial charge in [-0.2, -0.15) is 0 Å². The highest BCUT2D eigenvalue weighted by atomic mass is 79.9. The number of aromatic nitrogens is 1. The number of halogens is 1. The third-order valence-electron chi connectivity index (χ3n) is 1.54. The number of nitrogens with zero attached hydrogens (tertiary/aromatic N) is 2. The summed E-state index contributed by atoms with van der Waals surface area (Å²) in [7, 11) is 0. The van der Waals surface area contributed by atoms with Crippen LogP contribution >= 0.6 is 15.9 Å². The van der Waals surface area contributed by atoms with Gasteiger partial charge in [-0.25, -0.2) is 0 Å². The van der Waals surface area contributed by atoms with Crippen molar-refractivity contribution in [2.75, 3.05) is 5.33 Å². The summed E-state index contributed by atoms with van der Waals surface area (Å²) < 4.78 is 0. The summed E-state index contributed by atoms with van der Waals surface area (Å²) in [5.74, 6) is 0. The molecule has 4 nitrogen and oxygen atoms in total. The van der Waals surface area contributed by atoms with Crippen molar-refractivity contribution in [3.63, 3.8) is 0 Å². The third-order valence-corrected chi connectivity index (χ3v) is 2.00. The molecular formula is C9H9BrN2O2. The van der Waals surface area contributed by atoms with E-state index >= 15 is 0 Å². The van der Waals surface area contributed by atoms with Crippen molar-refractivity contribution in [1.82, 2.24) is 4.98 Å². The lowest BCUT2D eigenvalue weighted by atomic mass is 10.3. The van der Waals surface area contributed by atoms with E-state index in [4.69, 9.17) is 0 Å². The quantitative estimate of drug-likeness (QED) is 0.473. The smallest absolute Gasteiger partial charge is 0.258 e. The van der Waals surface area contributed by atoms with E-state index in [9.17, 15) is 10.1 Å². The second kappa shape index (κ2) is 5.49. The molecule has 1 aromatic heterocycles. The molecule has 14 heavy (non-hydrogen) atoms. The van der Waals surface area contributed by atoms with Crippen molar-refractivity contribution in [3.8, 4) is 0 Å². The molecule has 0 radical (unpaired) electrons. The molecule has 74 valence electrons. The highest BCUT2D eigenvalue weighted by Gasteiger charge is 2.04. The molecule has 0 aromatic carbocycles. The van der Waals surface area contributed by atoms with Crippen molar-refractivity contribution in [3.05, 3.63) is 40.2 Å². The number of pyridine rings is 1. The first-order chi connectivity index (χ1) is 6.74. The van der Waals surface area contributed by atoms with Crippen LogP contribution in [0.2, 0.25) is 0 Å². The molecule has 5 heteroatoms. The molecular weight excluding hydrogens is 248 g/mol. The lowest BCUT2D eigenvalue weighted by Gasteiger charge is -1.92. The molecule has 0 bridgehead atoms. The Balaban J connectivity index is 2.78. The number of allylic oxidation sites excluding steroid dienone is 1. The van der Waals surface area contributed by atoms with Crippen LogP contribution in [0.5, 0.6) is 0 Å². The Bertz CT molecular complexity index is 352. The van der Waals surface area contributed by atoms with E-state index in [1.165, 1.54) is 18.3 Å². The summed E-state index contributed by atoms with van der Waals surface area (Å²) in [6.07, 6.45) is 6.01. The Hall–Kier alpha value is -1.23. The number of hydrogen-bond acceptors (Lipinski definition) is 3. The second-order valence-electron chi connectivity index (χ2n) is 2.58. The zero-order valence-corrected chi connectivity index (χ0v) is 8.98. The fourth-order valence-corrected chi connectivity index (χ4v) is 1.17. The van der Waals surface area contributed by atoms with Crippen LogP contribution in [0.25, 0.3) is 6.08 Å². The number of nitro groups is 1. The van der Waals surface area contributed by atoms with E-state index in [1.807, 2.05) is 6.08 Å². The summed E-state index contributed by atoms with van der Waals surface area (Å²) in [5, 5.41) is 11.3. The zero-order valence-electron chi connectivity index (χ0n) is 7.39. The van der Waals surface area contributed by atoms with E-state index in [0.717, 1.165) is 11.8 Å². The molecule has 0 unspecified atom stereocenters. The maximum Gasteiger partial charge on any atom is 0.273 e. The SMILES string of the molecule is O=[N+]([O-])c1ccnc(C=CCCBr)c1. The van der Waals surface area contributed by atoms with Gasteiger partial charge in [-0.3, -0.25) is 15.1 Å². The van der Waals surface area contributed by atoms with Crippen molar-refractivity contribution >= 4 is 27.7 Å². The van der Waals surface area contributed by atoms with Crippen molar-refractivity contribution < 1.29 is 4.92 Å². The molecule has 0 saturated carbocycles.